The fourth-order valence-corrected chi connectivity index (χ4v) is 4.21. The van der Waals surface area contributed by atoms with Crippen molar-refractivity contribution in [2.24, 2.45) is 0 Å². The lowest BCUT2D eigenvalue weighted by molar-refractivity contribution is 0.242. The Kier molecular flexibility index (Phi) is 3.44. The molecule has 3 heterocycles. The summed E-state index contributed by atoms with van der Waals surface area (Å²) in [5, 5.41) is 3.54. The second-order valence-electron chi connectivity index (χ2n) is 5.58. The number of nitrogens with one attached hydrogen (secondary N) is 2. The third-order valence-corrected chi connectivity index (χ3v) is 5.36. The summed E-state index contributed by atoms with van der Waals surface area (Å²) in [7, 11) is 0. The lowest BCUT2D eigenvalue weighted by Crippen LogP contribution is -2.35. The molecular formula is C16H15N3OS2. The summed E-state index contributed by atoms with van der Waals surface area (Å²) in [6, 6.07) is 8.47. The van der Waals surface area contributed by atoms with Crippen LogP contribution in [0.3, 0.4) is 0 Å². The van der Waals surface area contributed by atoms with Crippen LogP contribution < -0.4 is 5.56 Å². The van der Waals surface area contributed by atoms with Gasteiger partial charge in [0.1, 0.15) is 0 Å². The summed E-state index contributed by atoms with van der Waals surface area (Å²) in [5.41, 5.74) is 3.09. The summed E-state index contributed by atoms with van der Waals surface area (Å²) in [6.07, 6.45) is 0.838. The number of benzene rings is 1. The van der Waals surface area contributed by atoms with Crippen molar-refractivity contribution < 1.29 is 0 Å². The molecule has 3 aromatic rings. The van der Waals surface area contributed by atoms with Crippen LogP contribution in [-0.2, 0) is 19.5 Å². The molecule has 0 bridgehead atoms. The predicted octanol–water partition coefficient (Wildman–Crippen LogP) is 3.21. The molecule has 0 radical (unpaired) electrons. The maximum atomic E-state index is 12.1. The minimum Gasteiger partial charge on any atom is -0.335 e. The van der Waals surface area contributed by atoms with Crippen LogP contribution in [-0.4, -0.2) is 21.4 Å². The molecule has 1 aromatic carbocycles. The molecule has 0 saturated heterocycles. The highest BCUT2D eigenvalue weighted by Gasteiger charge is 2.20. The van der Waals surface area contributed by atoms with E-state index in [1.54, 1.807) is 11.3 Å². The highest BCUT2D eigenvalue weighted by atomic mass is 32.1. The number of fused-ring (bicyclic) bond motifs is 2. The zero-order valence-electron chi connectivity index (χ0n) is 11.9. The molecule has 0 fully saturated rings. The summed E-state index contributed by atoms with van der Waals surface area (Å²) in [5.74, 6) is 0. The third kappa shape index (κ3) is 2.43. The first-order valence-electron chi connectivity index (χ1n) is 7.22. The Balaban J connectivity index is 1.63. The monoisotopic (exact) mass is 329 g/mol. The van der Waals surface area contributed by atoms with E-state index in [-0.39, 0.29) is 5.56 Å². The molecule has 4 rings (SSSR count). The van der Waals surface area contributed by atoms with Crippen molar-refractivity contribution in [3.8, 4) is 0 Å². The highest BCUT2D eigenvalue weighted by Crippen LogP contribution is 2.27. The minimum atomic E-state index is -0.0568. The van der Waals surface area contributed by atoms with Crippen LogP contribution in [0.15, 0.2) is 34.4 Å². The van der Waals surface area contributed by atoms with Gasteiger partial charge in [0.15, 0.2) is 4.77 Å². The molecule has 0 spiro atoms. The van der Waals surface area contributed by atoms with Crippen molar-refractivity contribution in [1.82, 2.24) is 14.9 Å². The van der Waals surface area contributed by atoms with Crippen molar-refractivity contribution in [3.05, 3.63) is 61.6 Å². The lowest BCUT2D eigenvalue weighted by atomic mass is 10.1. The fraction of sp³-hybridized carbons (Fsp3) is 0.250. The van der Waals surface area contributed by atoms with Gasteiger partial charge in [-0.3, -0.25) is 14.7 Å². The van der Waals surface area contributed by atoms with Gasteiger partial charge in [0.2, 0.25) is 0 Å². The SMILES string of the molecule is O=c1[nH]c(=S)[nH]c2c1CN(Cc1csc3ccccc13)CC2. The van der Waals surface area contributed by atoms with Gasteiger partial charge in [-0.1, -0.05) is 18.2 Å². The van der Waals surface area contributed by atoms with E-state index >= 15 is 0 Å². The molecule has 0 saturated carbocycles. The molecule has 0 aliphatic carbocycles. The first kappa shape index (κ1) is 13.9. The summed E-state index contributed by atoms with van der Waals surface area (Å²) >= 11 is 6.82. The normalized spacial score (nSPS) is 15.1. The van der Waals surface area contributed by atoms with E-state index in [2.05, 4.69) is 44.5 Å². The second kappa shape index (κ2) is 5.46. The van der Waals surface area contributed by atoms with Crippen LogP contribution >= 0.6 is 23.6 Å². The number of nitrogens with zero attached hydrogens (tertiary/aromatic N) is 1. The Bertz CT molecular complexity index is 954. The molecule has 1 aliphatic rings. The van der Waals surface area contributed by atoms with Gasteiger partial charge >= 0.3 is 0 Å². The summed E-state index contributed by atoms with van der Waals surface area (Å²) < 4.78 is 1.73. The van der Waals surface area contributed by atoms with E-state index < -0.39 is 0 Å². The van der Waals surface area contributed by atoms with Crippen LogP contribution in [0, 0.1) is 4.77 Å². The second-order valence-corrected chi connectivity index (χ2v) is 6.90. The predicted molar refractivity (Wildman–Crippen MR) is 91.9 cm³/mol. The maximum absolute atomic E-state index is 12.1. The highest BCUT2D eigenvalue weighted by molar-refractivity contribution is 7.71. The maximum Gasteiger partial charge on any atom is 0.256 e. The van der Waals surface area contributed by atoms with Gasteiger partial charge in [-0.25, -0.2) is 0 Å². The molecule has 2 aromatic heterocycles. The molecule has 1 aliphatic heterocycles. The Hall–Kier alpha value is -1.76. The van der Waals surface area contributed by atoms with Crippen molar-refractivity contribution >= 4 is 33.6 Å². The third-order valence-electron chi connectivity index (χ3n) is 4.14. The standard InChI is InChI=1S/C16H15N3OS2/c20-15-12-8-19(6-5-13(12)17-16(21)18-15)7-10-9-22-14-4-2-1-3-11(10)14/h1-4,9H,5-8H2,(H2,17,18,20,21). The minimum absolute atomic E-state index is 0.0568. The van der Waals surface area contributed by atoms with E-state index in [0.29, 0.717) is 11.3 Å². The number of hydrogen-bond donors (Lipinski definition) is 2. The smallest absolute Gasteiger partial charge is 0.256 e. The summed E-state index contributed by atoms with van der Waals surface area (Å²) in [4.78, 5) is 20.2. The van der Waals surface area contributed by atoms with E-state index in [0.717, 1.165) is 30.8 Å². The molecule has 0 atom stereocenters. The van der Waals surface area contributed by atoms with Crippen molar-refractivity contribution in [2.45, 2.75) is 19.5 Å². The Morgan fingerprint density at radius 3 is 3.05 bits per heavy atom. The quantitative estimate of drug-likeness (QED) is 0.710. The number of aromatic nitrogens is 2. The van der Waals surface area contributed by atoms with Gasteiger partial charge < -0.3 is 4.98 Å². The van der Waals surface area contributed by atoms with E-state index in [4.69, 9.17) is 12.2 Å². The Morgan fingerprint density at radius 2 is 2.14 bits per heavy atom. The van der Waals surface area contributed by atoms with Gasteiger partial charge in [0.25, 0.3) is 5.56 Å². The lowest BCUT2D eigenvalue weighted by Gasteiger charge is -2.27. The van der Waals surface area contributed by atoms with Gasteiger partial charge in [-0.15, -0.1) is 11.3 Å². The topological polar surface area (TPSA) is 51.9 Å². The Morgan fingerprint density at radius 1 is 1.27 bits per heavy atom. The summed E-state index contributed by atoms with van der Waals surface area (Å²) in [6.45, 7) is 2.48. The van der Waals surface area contributed by atoms with Crippen molar-refractivity contribution in [2.75, 3.05) is 6.54 Å². The van der Waals surface area contributed by atoms with Crippen molar-refractivity contribution in [3.63, 3.8) is 0 Å². The van der Waals surface area contributed by atoms with Gasteiger partial charge in [-0.05, 0) is 34.6 Å². The van der Waals surface area contributed by atoms with Crippen LogP contribution in [0.2, 0.25) is 0 Å². The van der Waals surface area contributed by atoms with E-state index in [1.165, 1.54) is 15.6 Å². The molecule has 2 N–H and O–H groups in total. The molecule has 4 nitrogen and oxygen atoms in total. The van der Waals surface area contributed by atoms with Crippen LogP contribution in [0.25, 0.3) is 10.1 Å². The first-order valence-corrected chi connectivity index (χ1v) is 8.51. The zero-order valence-corrected chi connectivity index (χ0v) is 13.5. The largest absolute Gasteiger partial charge is 0.335 e. The number of aromatic amines is 2. The molecule has 0 unspecified atom stereocenters. The van der Waals surface area contributed by atoms with Gasteiger partial charge in [-0.2, -0.15) is 0 Å². The number of H-pyrrole nitrogens is 2. The van der Waals surface area contributed by atoms with Crippen LogP contribution in [0.1, 0.15) is 16.8 Å². The number of rotatable bonds is 2. The van der Waals surface area contributed by atoms with E-state index in [1.807, 2.05) is 0 Å². The molecule has 22 heavy (non-hydrogen) atoms. The van der Waals surface area contributed by atoms with E-state index in [9.17, 15) is 4.79 Å². The number of thiophene rings is 1. The van der Waals surface area contributed by atoms with Crippen LogP contribution in [0.4, 0.5) is 0 Å². The average molecular weight is 329 g/mol. The molecular weight excluding hydrogens is 314 g/mol. The molecule has 6 heteroatoms. The average Bonchev–Trinajstić information content (AvgIpc) is 2.91. The zero-order chi connectivity index (χ0) is 15.1. The fourth-order valence-electron chi connectivity index (χ4n) is 3.04. The molecule has 112 valence electrons. The molecule has 0 amide bonds. The van der Waals surface area contributed by atoms with Crippen LogP contribution in [0.5, 0.6) is 0 Å². The van der Waals surface area contributed by atoms with Gasteiger partial charge in [0.05, 0.1) is 5.56 Å². The first-order chi connectivity index (χ1) is 10.7. The number of hydrogen-bond acceptors (Lipinski definition) is 4. The Labute approximate surface area is 136 Å². The van der Waals surface area contributed by atoms with Gasteiger partial charge in [0, 0.05) is 36.4 Å². The van der Waals surface area contributed by atoms with Crippen molar-refractivity contribution in [1.29, 1.82) is 0 Å².